The third kappa shape index (κ3) is 3.74. The van der Waals surface area contributed by atoms with Crippen molar-refractivity contribution in [1.82, 2.24) is 4.98 Å². The van der Waals surface area contributed by atoms with Crippen LogP contribution in [-0.2, 0) is 6.54 Å². The second kappa shape index (κ2) is 7.90. The van der Waals surface area contributed by atoms with Crippen LogP contribution in [0.2, 0.25) is 10.2 Å². The van der Waals surface area contributed by atoms with E-state index in [1.165, 1.54) is 0 Å². The number of anilines is 1. The summed E-state index contributed by atoms with van der Waals surface area (Å²) in [5, 5.41) is 0.633. The zero-order chi connectivity index (χ0) is 18.7. The van der Waals surface area contributed by atoms with Crippen molar-refractivity contribution in [2.75, 3.05) is 4.90 Å². The molecule has 5 heteroatoms. The van der Waals surface area contributed by atoms with Crippen molar-refractivity contribution in [3.8, 4) is 0 Å². The fourth-order valence-electron chi connectivity index (χ4n) is 2.83. The molecule has 1 amide bonds. The van der Waals surface area contributed by atoms with Gasteiger partial charge in [-0.05, 0) is 37.1 Å². The van der Waals surface area contributed by atoms with Crippen LogP contribution in [0, 0.1) is 13.8 Å². The van der Waals surface area contributed by atoms with Crippen molar-refractivity contribution in [3.63, 3.8) is 0 Å². The first-order chi connectivity index (χ1) is 12.5. The topological polar surface area (TPSA) is 33.2 Å². The van der Waals surface area contributed by atoms with Gasteiger partial charge in [0.15, 0.2) is 0 Å². The molecule has 1 heterocycles. The van der Waals surface area contributed by atoms with Crippen molar-refractivity contribution in [1.29, 1.82) is 0 Å². The van der Waals surface area contributed by atoms with Gasteiger partial charge in [-0.1, -0.05) is 71.7 Å². The van der Waals surface area contributed by atoms with Crippen molar-refractivity contribution in [2.45, 2.75) is 20.4 Å². The molecule has 0 unspecified atom stereocenters. The largest absolute Gasteiger partial charge is 0.304 e. The van der Waals surface area contributed by atoms with Crippen molar-refractivity contribution in [3.05, 3.63) is 93.2 Å². The molecule has 132 valence electrons. The number of carbonyl (C=O) groups excluding carboxylic acids is 1. The Morgan fingerprint density at radius 3 is 2.15 bits per heavy atom. The van der Waals surface area contributed by atoms with E-state index in [4.69, 9.17) is 23.2 Å². The van der Waals surface area contributed by atoms with Crippen LogP contribution in [-0.4, -0.2) is 10.9 Å². The Morgan fingerprint density at radius 2 is 1.54 bits per heavy atom. The molecule has 0 spiro atoms. The monoisotopic (exact) mass is 384 g/mol. The van der Waals surface area contributed by atoms with Crippen LogP contribution in [0.5, 0.6) is 0 Å². The molecule has 0 atom stereocenters. The fourth-order valence-corrected chi connectivity index (χ4v) is 3.31. The molecule has 2 aromatic carbocycles. The minimum atomic E-state index is -0.225. The molecule has 0 saturated heterocycles. The standard InChI is InChI=1S/C21H18Cl2N2O/c1-14-18(20(23)24-15(2)19(14)22)21(26)25(17-11-7-4-8-12-17)13-16-9-5-3-6-10-16/h3-12H,13H2,1-2H3. The molecule has 3 rings (SSSR count). The van der Waals surface area contributed by atoms with Gasteiger partial charge in [-0.25, -0.2) is 4.98 Å². The van der Waals surface area contributed by atoms with Gasteiger partial charge in [0.2, 0.25) is 0 Å². The molecule has 0 bridgehead atoms. The summed E-state index contributed by atoms with van der Waals surface area (Å²) in [5.41, 5.74) is 3.39. The summed E-state index contributed by atoms with van der Waals surface area (Å²) in [7, 11) is 0. The average Bonchev–Trinajstić information content (AvgIpc) is 2.65. The summed E-state index contributed by atoms with van der Waals surface area (Å²) in [6.07, 6.45) is 0. The number of pyridine rings is 1. The fraction of sp³-hybridized carbons (Fsp3) is 0.143. The summed E-state index contributed by atoms with van der Waals surface area (Å²) in [6.45, 7) is 3.99. The lowest BCUT2D eigenvalue weighted by Crippen LogP contribution is -2.31. The maximum atomic E-state index is 13.4. The first-order valence-corrected chi connectivity index (χ1v) is 8.97. The molecule has 1 aromatic heterocycles. The zero-order valence-corrected chi connectivity index (χ0v) is 16.1. The minimum Gasteiger partial charge on any atom is -0.304 e. The normalized spacial score (nSPS) is 10.6. The number of benzene rings is 2. The van der Waals surface area contributed by atoms with E-state index >= 15 is 0 Å². The van der Waals surface area contributed by atoms with E-state index in [0.717, 1.165) is 11.3 Å². The first kappa shape index (κ1) is 18.4. The van der Waals surface area contributed by atoms with Crippen LogP contribution in [0.3, 0.4) is 0 Å². The molecule has 0 aliphatic rings. The average molecular weight is 385 g/mol. The maximum Gasteiger partial charge on any atom is 0.262 e. The van der Waals surface area contributed by atoms with Crippen molar-refractivity contribution >= 4 is 34.8 Å². The van der Waals surface area contributed by atoms with Gasteiger partial charge >= 0.3 is 0 Å². The highest BCUT2D eigenvalue weighted by atomic mass is 35.5. The molecule has 26 heavy (non-hydrogen) atoms. The quantitative estimate of drug-likeness (QED) is 0.528. The molecular weight excluding hydrogens is 367 g/mol. The van der Waals surface area contributed by atoms with E-state index in [0.29, 0.717) is 28.4 Å². The van der Waals surface area contributed by atoms with Crippen LogP contribution >= 0.6 is 23.2 Å². The number of hydrogen-bond acceptors (Lipinski definition) is 2. The Kier molecular flexibility index (Phi) is 5.60. The van der Waals surface area contributed by atoms with Gasteiger partial charge in [0.1, 0.15) is 5.15 Å². The molecule has 3 nitrogen and oxygen atoms in total. The van der Waals surface area contributed by atoms with Crippen LogP contribution in [0.25, 0.3) is 0 Å². The summed E-state index contributed by atoms with van der Waals surface area (Å²) >= 11 is 12.6. The second-order valence-electron chi connectivity index (χ2n) is 6.01. The Balaban J connectivity index is 2.08. The summed E-state index contributed by atoms with van der Waals surface area (Å²) in [5.74, 6) is -0.225. The predicted molar refractivity (Wildman–Crippen MR) is 107 cm³/mol. The lowest BCUT2D eigenvalue weighted by atomic mass is 10.1. The van der Waals surface area contributed by atoms with Crippen LogP contribution in [0.4, 0.5) is 5.69 Å². The number of amides is 1. The molecular formula is C21H18Cl2N2O. The van der Waals surface area contributed by atoms with Crippen LogP contribution in [0.15, 0.2) is 60.7 Å². The Bertz CT molecular complexity index is 928. The third-order valence-electron chi connectivity index (χ3n) is 4.20. The molecule has 0 fully saturated rings. The Hall–Kier alpha value is -2.36. The SMILES string of the molecule is Cc1nc(Cl)c(C(=O)N(Cc2ccccc2)c2ccccc2)c(C)c1Cl. The van der Waals surface area contributed by atoms with Gasteiger partial charge in [-0.15, -0.1) is 0 Å². The number of hydrogen-bond donors (Lipinski definition) is 0. The molecule has 3 aromatic rings. The number of aromatic nitrogens is 1. The third-order valence-corrected chi connectivity index (χ3v) is 5.03. The van der Waals surface area contributed by atoms with Gasteiger partial charge in [0.25, 0.3) is 5.91 Å². The molecule has 0 N–H and O–H groups in total. The highest BCUT2D eigenvalue weighted by Crippen LogP contribution is 2.30. The van der Waals surface area contributed by atoms with E-state index in [2.05, 4.69) is 4.98 Å². The highest BCUT2D eigenvalue weighted by molar-refractivity contribution is 6.36. The van der Waals surface area contributed by atoms with Gasteiger partial charge in [0, 0.05) is 5.69 Å². The predicted octanol–water partition coefficient (Wildman–Crippen LogP) is 5.85. The van der Waals surface area contributed by atoms with Crippen molar-refractivity contribution < 1.29 is 4.79 Å². The lowest BCUT2D eigenvalue weighted by molar-refractivity contribution is 0.0984. The smallest absolute Gasteiger partial charge is 0.262 e. The highest BCUT2D eigenvalue weighted by Gasteiger charge is 2.25. The van der Waals surface area contributed by atoms with E-state index in [9.17, 15) is 4.79 Å². The Morgan fingerprint density at radius 1 is 0.962 bits per heavy atom. The number of carbonyl (C=O) groups is 1. The molecule has 0 aliphatic carbocycles. The summed E-state index contributed by atoms with van der Waals surface area (Å²) in [6, 6.07) is 19.3. The zero-order valence-electron chi connectivity index (χ0n) is 14.5. The molecule has 0 radical (unpaired) electrons. The number of nitrogens with zero attached hydrogens (tertiary/aromatic N) is 2. The lowest BCUT2D eigenvalue weighted by Gasteiger charge is -2.24. The number of para-hydroxylation sites is 1. The van der Waals surface area contributed by atoms with E-state index in [1.807, 2.05) is 60.7 Å². The molecule has 0 saturated carbocycles. The van der Waals surface area contributed by atoms with E-state index < -0.39 is 0 Å². The number of halogens is 2. The first-order valence-electron chi connectivity index (χ1n) is 8.22. The van der Waals surface area contributed by atoms with Crippen molar-refractivity contribution in [2.24, 2.45) is 0 Å². The van der Waals surface area contributed by atoms with Gasteiger partial charge in [0.05, 0.1) is 22.8 Å². The van der Waals surface area contributed by atoms with Gasteiger partial charge in [-0.3, -0.25) is 4.79 Å². The van der Waals surface area contributed by atoms with E-state index in [-0.39, 0.29) is 11.1 Å². The number of rotatable bonds is 4. The van der Waals surface area contributed by atoms with Gasteiger partial charge in [-0.2, -0.15) is 0 Å². The summed E-state index contributed by atoms with van der Waals surface area (Å²) < 4.78 is 0. The van der Waals surface area contributed by atoms with E-state index in [1.54, 1.807) is 18.7 Å². The van der Waals surface area contributed by atoms with Gasteiger partial charge < -0.3 is 4.90 Å². The molecule has 0 aliphatic heterocycles. The maximum absolute atomic E-state index is 13.4. The second-order valence-corrected chi connectivity index (χ2v) is 6.75. The van der Waals surface area contributed by atoms with Crippen LogP contribution < -0.4 is 4.90 Å². The number of aryl methyl sites for hydroxylation is 1. The van der Waals surface area contributed by atoms with Crippen LogP contribution in [0.1, 0.15) is 27.2 Å². The minimum absolute atomic E-state index is 0.170. The Labute approximate surface area is 163 Å². The summed E-state index contributed by atoms with van der Waals surface area (Å²) in [4.78, 5) is 19.3.